The van der Waals surface area contributed by atoms with Crippen LogP contribution in [-0.2, 0) is 16.6 Å². The van der Waals surface area contributed by atoms with E-state index in [2.05, 4.69) is 20.7 Å². The number of hydrazone groups is 1. The van der Waals surface area contributed by atoms with Gasteiger partial charge in [-0.1, -0.05) is 6.42 Å². The van der Waals surface area contributed by atoms with Crippen LogP contribution in [-0.4, -0.2) is 38.0 Å². The van der Waals surface area contributed by atoms with Crippen LogP contribution in [0.2, 0.25) is 0 Å². The maximum atomic E-state index is 11.6. The van der Waals surface area contributed by atoms with E-state index >= 15 is 0 Å². The fourth-order valence-electron chi connectivity index (χ4n) is 1.99. The highest BCUT2D eigenvalue weighted by atomic mass is 32.2. The number of nitrogens with one attached hydrogen (secondary N) is 1. The summed E-state index contributed by atoms with van der Waals surface area (Å²) >= 11 is 1.35. The SMILES string of the molecule is Cc1nnc(Sc2ccc(/C=N/NC(=O)CCCCCC(=O)O)o2)n1C. The van der Waals surface area contributed by atoms with Crippen LogP contribution in [0.15, 0.2) is 31.9 Å². The zero-order valence-electron chi connectivity index (χ0n) is 14.6. The molecule has 9 nitrogen and oxygen atoms in total. The Morgan fingerprint density at radius 2 is 2.08 bits per heavy atom. The van der Waals surface area contributed by atoms with Crippen molar-refractivity contribution in [3.8, 4) is 0 Å². The lowest BCUT2D eigenvalue weighted by molar-refractivity contribution is -0.137. The predicted molar refractivity (Wildman–Crippen MR) is 95.0 cm³/mol. The summed E-state index contributed by atoms with van der Waals surface area (Å²) in [5.41, 5.74) is 2.42. The number of aliphatic carboxylic acids is 1. The van der Waals surface area contributed by atoms with Crippen molar-refractivity contribution in [1.82, 2.24) is 20.2 Å². The van der Waals surface area contributed by atoms with E-state index in [1.165, 1.54) is 18.0 Å². The molecule has 2 rings (SSSR count). The number of carboxylic acids is 1. The number of aryl methyl sites for hydroxylation is 1. The Bertz CT molecular complexity index is 783. The highest BCUT2D eigenvalue weighted by Gasteiger charge is 2.10. The second-order valence-corrected chi connectivity index (χ2v) is 6.57. The highest BCUT2D eigenvalue weighted by molar-refractivity contribution is 7.99. The number of carboxylic acid groups (broad SMARTS) is 1. The summed E-state index contributed by atoms with van der Waals surface area (Å²) in [5.74, 6) is 0.288. The molecule has 0 fully saturated rings. The van der Waals surface area contributed by atoms with E-state index in [4.69, 9.17) is 9.52 Å². The third-order valence-electron chi connectivity index (χ3n) is 3.52. The van der Waals surface area contributed by atoms with Crippen molar-refractivity contribution >= 4 is 29.9 Å². The molecule has 0 aliphatic heterocycles. The Balaban J connectivity index is 1.72. The summed E-state index contributed by atoms with van der Waals surface area (Å²) in [6.45, 7) is 1.87. The van der Waals surface area contributed by atoms with Gasteiger partial charge in [0.1, 0.15) is 11.6 Å². The molecule has 0 aliphatic carbocycles. The predicted octanol–water partition coefficient (Wildman–Crippen LogP) is 2.35. The summed E-state index contributed by atoms with van der Waals surface area (Å²) in [5, 5.41) is 21.8. The second kappa shape index (κ2) is 9.76. The van der Waals surface area contributed by atoms with E-state index in [0.29, 0.717) is 36.5 Å². The molecule has 140 valence electrons. The molecule has 2 aromatic rings. The van der Waals surface area contributed by atoms with Crippen LogP contribution >= 0.6 is 11.8 Å². The molecule has 0 aromatic carbocycles. The summed E-state index contributed by atoms with van der Waals surface area (Å²) < 4.78 is 7.45. The van der Waals surface area contributed by atoms with E-state index in [9.17, 15) is 9.59 Å². The number of carbonyl (C=O) groups is 2. The molecule has 0 bridgehead atoms. The first kappa shape index (κ1) is 19.7. The van der Waals surface area contributed by atoms with E-state index in [-0.39, 0.29) is 12.3 Å². The van der Waals surface area contributed by atoms with Gasteiger partial charge in [-0.15, -0.1) is 10.2 Å². The van der Waals surface area contributed by atoms with Crippen molar-refractivity contribution in [3.05, 3.63) is 23.7 Å². The number of unbranched alkanes of at least 4 members (excludes halogenated alkanes) is 2. The summed E-state index contributed by atoms with van der Waals surface area (Å²) in [6, 6.07) is 3.54. The summed E-state index contributed by atoms with van der Waals surface area (Å²) in [6.07, 6.45) is 3.77. The molecular weight excluding hydrogens is 358 g/mol. The maximum absolute atomic E-state index is 11.6. The van der Waals surface area contributed by atoms with Crippen molar-refractivity contribution < 1.29 is 19.1 Å². The van der Waals surface area contributed by atoms with Gasteiger partial charge in [-0.3, -0.25) is 9.59 Å². The van der Waals surface area contributed by atoms with Gasteiger partial charge in [0.15, 0.2) is 10.2 Å². The molecule has 0 atom stereocenters. The number of carbonyl (C=O) groups excluding carboxylic acids is 1. The molecule has 10 heteroatoms. The van der Waals surface area contributed by atoms with Gasteiger partial charge in [0.2, 0.25) is 5.91 Å². The van der Waals surface area contributed by atoms with Gasteiger partial charge in [-0.25, -0.2) is 5.43 Å². The van der Waals surface area contributed by atoms with Crippen molar-refractivity contribution in [2.45, 2.75) is 49.3 Å². The fourth-order valence-corrected chi connectivity index (χ4v) is 2.79. The monoisotopic (exact) mass is 379 g/mol. The number of nitrogens with zero attached hydrogens (tertiary/aromatic N) is 4. The Morgan fingerprint density at radius 3 is 2.77 bits per heavy atom. The average molecular weight is 379 g/mol. The van der Waals surface area contributed by atoms with Crippen molar-refractivity contribution in [1.29, 1.82) is 0 Å². The maximum Gasteiger partial charge on any atom is 0.303 e. The minimum Gasteiger partial charge on any atom is -0.481 e. The number of rotatable bonds is 10. The lowest BCUT2D eigenvalue weighted by Gasteiger charge is -1.99. The van der Waals surface area contributed by atoms with Gasteiger partial charge in [0.25, 0.3) is 0 Å². The van der Waals surface area contributed by atoms with Crippen LogP contribution in [0, 0.1) is 6.92 Å². The summed E-state index contributed by atoms with van der Waals surface area (Å²) in [7, 11) is 1.88. The molecule has 0 spiro atoms. The molecule has 0 saturated carbocycles. The largest absolute Gasteiger partial charge is 0.481 e. The molecule has 26 heavy (non-hydrogen) atoms. The van der Waals surface area contributed by atoms with Crippen molar-refractivity contribution in [2.75, 3.05) is 0 Å². The third-order valence-corrected chi connectivity index (χ3v) is 4.48. The van der Waals surface area contributed by atoms with Gasteiger partial charge in [-0.2, -0.15) is 5.10 Å². The van der Waals surface area contributed by atoms with Gasteiger partial charge < -0.3 is 14.1 Å². The van der Waals surface area contributed by atoms with Crippen LogP contribution in [0.25, 0.3) is 0 Å². The molecule has 2 aromatic heterocycles. The standard InChI is InChI=1S/C16H21N5O4S/c1-11-18-20-16(21(11)2)26-15-9-8-12(25-15)10-17-19-13(22)6-4-3-5-7-14(23)24/h8-10H,3-7H2,1-2H3,(H,19,22)(H,23,24)/b17-10+. The van der Waals surface area contributed by atoms with Gasteiger partial charge >= 0.3 is 5.97 Å². The Morgan fingerprint density at radius 1 is 1.31 bits per heavy atom. The molecule has 2 heterocycles. The molecule has 0 radical (unpaired) electrons. The van der Waals surface area contributed by atoms with Crippen LogP contribution in [0.5, 0.6) is 0 Å². The average Bonchev–Trinajstić information content (AvgIpc) is 3.16. The minimum atomic E-state index is -0.815. The van der Waals surface area contributed by atoms with E-state index in [1.807, 2.05) is 18.5 Å². The van der Waals surface area contributed by atoms with Crippen LogP contribution < -0.4 is 5.43 Å². The number of aromatic nitrogens is 3. The van der Waals surface area contributed by atoms with E-state index in [1.54, 1.807) is 12.1 Å². The number of hydrogen-bond acceptors (Lipinski definition) is 7. The molecular formula is C16H21N5O4S. The minimum absolute atomic E-state index is 0.131. The number of hydrogen-bond donors (Lipinski definition) is 2. The lowest BCUT2D eigenvalue weighted by atomic mass is 10.1. The summed E-state index contributed by atoms with van der Waals surface area (Å²) in [4.78, 5) is 22.0. The molecule has 0 unspecified atom stereocenters. The van der Waals surface area contributed by atoms with E-state index in [0.717, 1.165) is 11.0 Å². The first-order valence-corrected chi connectivity index (χ1v) is 8.94. The Kier molecular flexibility index (Phi) is 7.39. The first-order valence-electron chi connectivity index (χ1n) is 8.13. The second-order valence-electron chi connectivity index (χ2n) is 5.60. The van der Waals surface area contributed by atoms with Crippen molar-refractivity contribution in [2.24, 2.45) is 12.1 Å². The van der Waals surface area contributed by atoms with Crippen LogP contribution in [0.3, 0.4) is 0 Å². The van der Waals surface area contributed by atoms with Crippen LogP contribution in [0.4, 0.5) is 0 Å². The van der Waals surface area contributed by atoms with Crippen LogP contribution in [0.1, 0.15) is 43.7 Å². The zero-order chi connectivity index (χ0) is 18.9. The number of furan rings is 1. The number of amides is 1. The van der Waals surface area contributed by atoms with Crippen molar-refractivity contribution in [3.63, 3.8) is 0 Å². The highest BCUT2D eigenvalue weighted by Crippen LogP contribution is 2.27. The Hall–Kier alpha value is -2.62. The Labute approximate surface area is 154 Å². The molecule has 0 aliphatic rings. The fraction of sp³-hybridized carbons (Fsp3) is 0.438. The first-order chi connectivity index (χ1) is 12.5. The normalized spacial score (nSPS) is 11.2. The van der Waals surface area contributed by atoms with Gasteiger partial charge in [-0.05, 0) is 43.7 Å². The zero-order valence-corrected chi connectivity index (χ0v) is 15.5. The third kappa shape index (κ3) is 6.36. The quantitative estimate of drug-likeness (QED) is 0.369. The topological polar surface area (TPSA) is 123 Å². The molecule has 2 N–H and O–H groups in total. The smallest absolute Gasteiger partial charge is 0.303 e. The van der Waals surface area contributed by atoms with Gasteiger partial charge in [0, 0.05) is 19.9 Å². The van der Waals surface area contributed by atoms with E-state index < -0.39 is 5.97 Å². The molecule has 0 saturated heterocycles. The van der Waals surface area contributed by atoms with Gasteiger partial charge in [0.05, 0.1) is 6.21 Å². The lowest BCUT2D eigenvalue weighted by Crippen LogP contribution is -2.16. The molecule has 1 amide bonds.